The highest BCUT2D eigenvalue weighted by atomic mass is 32.2. The molecule has 78 valence electrons. The van der Waals surface area contributed by atoms with E-state index in [2.05, 4.69) is 5.32 Å². The summed E-state index contributed by atoms with van der Waals surface area (Å²) in [4.78, 5) is 0. The first-order valence-electron chi connectivity index (χ1n) is 4.57. The highest BCUT2D eigenvalue weighted by molar-refractivity contribution is 7.99. The number of hydrogen-bond acceptors (Lipinski definition) is 4. The molecular formula is C8H17NO2S2. The number of sulfone groups is 1. The summed E-state index contributed by atoms with van der Waals surface area (Å²) in [6.07, 6.45) is 3.25. The number of hydrogen-bond donors (Lipinski definition) is 1. The van der Waals surface area contributed by atoms with E-state index in [1.807, 2.05) is 11.8 Å². The van der Waals surface area contributed by atoms with Crippen molar-refractivity contribution in [2.24, 2.45) is 0 Å². The van der Waals surface area contributed by atoms with Crippen LogP contribution >= 0.6 is 11.8 Å². The van der Waals surface area contributed by atoms with Gasteiger partial charge in [0.25, 0.3) is 0 Å². The van der Waals surface area contributed by atoms with E-state index in [4.69, 9.17) is 0 Å². The van der Waals surface area contributed by atoms with Gasteiger partial charge in [0.05, 0.1) is 5.75 Å². The van der Waals surface area contributed by atoms with Gasteiger partial charge >= 0.3 is 0 Å². The first kappa shape index (κ1) is 11.3. The Hall–Kier alpha value is 0.260. The van der Waals surface area contributed by atoms with Crippen molar-refractivity contribution in [3.8, 4) is 0 Å². The maximum atomic E-state index is 10.8. The van der Waals surface area contributed by atoms with Crippen molar-refractivity contribution in [2.75, 3.05) is 30.1 Å². The van der Waals surface area contributed by atoms with Crippen LogP contribution in [0.25, 0.3) is 0 Å². The van der Waals surface area contributed by atoms with Crippen molar-refractivity contribution < 1.29 is 8.42 Å². The molecule has 1 saturated heterocycles. The number of nitrogens with one attached hydrogen (secondary N) is 1. The zero-order valence-electron chi connectivity index (χ0n) is 7.95. The third-order valence-corrected chi connectivity index (χ3v) is 4.25. The van der Waals surface area contributed by atoms with Crippen molar-refractivity contribution >= 4 is 21.6 Å². The van der Waals surface area contributed by atoms with E-state index >= 15 is 0 Å². The van der Waals surface area contributed by atoms with Crippen LogP contribution in [0.2, 0.25) is 0 Å². The third kappa shape index (κ3) is 5.54. The quantitative estimate of drug-likeness (QED) is 0.690. The lowest BCUT2D eigenvalue weighted by atomic mass is 10.2. The summed E-state index contributed by atoms with van der Waals surface area (Å²) < 4.78 is 21.6. The SMILES string of the molecule is CS(=O)(=O)CCCNC1CCSC1. The molecule has 0 saturated carbocycles. The standard InChI is InChI=1S/C8H17NO2S2/c1-13(10,11)6-2-4-9-8-3-5-12-7-8/h8-9H,2-7H2,1H3. The van der Waals surface area contributed by atoms with Crippen molar-refractivity contribution in [1.29, 1.82) is 0 Å². The molecule has 1 aliphatic rings. The van der Waals surface area contributed by atoms with E-state index in [0.717, 1.165) is 13.0 Å². The van der Waals surface area contributed by atoms with Crippen LogP contribution in [0.5, 0.6) is 0 Å². The minimum Gasteiger partial charge on any atom is -0.313 e. The van der Waals surface area contributed by atoms with Gasteiger partial charge in [0.2, 0.25) is 0 Å². The van der Waals surface area contributed by atoms with Crippen LogP contribution in [0, 0.1) is 0 Å². The predicted octanol–water partition coefficient (Wildman–Crippen LogP) is 0.516. The molecule has 1 unspecified atom stereocenters. The van der Waals surface area contributed by atoms with Crippen LogP contribution < -0.4 is 5.32 Å². The molecule has 0 radical (unpaired) electrons. The van der Waals surface area contributed by atoms with Gasteiger partial charge in [-0.2, -0.15) is 11.8 Å². The maximum absolute atomic E-state index is 10.8. The monoisotopic (exact) mass is 223 g/mol. The Labute approximate surface area is 84.6 Å². The van der Waals surface area contributed by atoms with Crippen LogP contribution in [0.4, 0.5) is 0 Å². The fourth-order valence-electron chi connectivity index (χ4n) is 1.34. The molecule has 0 spiro atoms. The Morgan fingerprint density at radius 3 is 2.85 bits per heavy atom. The molecule has 1 fully saturated rings. The van der Waals surface area contributed by atoms with Crippen molar-refractivity contribution in [2.45, 2.75) is 18.9 Å². The minimum absolute atomic E-state index is 0.305. The van der Waals surface area contributed by atoms with Gasteiger partial charge < -0.3 is 5.32 Å². The molecule has 1 atom stereocenters. The Morgan fingerprint density at radius 2 is 2.31 bits per heavy atom. The van der Waals surface area contributed by atoms with Gasteiger partial charge in [-0.3, -0.25) is 0 Å². The fraction of sp³-hybridized carbons (Fsp3) is 1.00. The fourth-order valence-corrected chi connectivity index (χ4v) is 3.19. The van der Waals surface area contributed by atoms with Gasteiger partial charge in [-0.1, -0.05) is 0 Å². The smallest absolute Gasteiger partial charge is 0.147 e. The molecule has 0 aromatic rings. The van der Waals surface area contributed by atoms with Gasteiger partial charge in [0, 0.05) is 18.1 Å². The van der Waals surface area contributed by atoms with Gasteiger partial charge in [-0.25, -0.2) is 8.42 Å². The van der Waals surface area contributed by atoms with Crippen molar-refractivity contribution in [1.82, 2.24) is 5.32 Å². The van der Waals surface area contributed by atoms with Crippen molar-refractivity contribution in [3.63, 3.8) is 0 Å². The molecule has 0 aromatic heterocycles. The lowest BCUT2D eigenvalue weighted by Crippen LogP contribution is -2.30. The van der Waals surface area contributed by atoms with Crippen LogP contribution in [0.1, 0.15) is 12.8 Å². The molecule has 0 amide bonds. The van der Waals surface area contributed by atoms with Crippen molar-refractivity contribution in [3.05, 3.63) is 0 Å². The average molecular weight is 223 g/mol. The highest BCUT2D eigenvalue weighted by Crippen LogP contribution is 2.16. The number of thioether (sulfide) groups is 1. The topological polar surface area (TPSA) is 46.2 Å². The molecule has 1 aliphatic heterocycles. The predicted molar refractivity (Wildman–Crippen MR) is 58.1 cm³/mol. The second kappa shape index (κ2) is 5.22. The van der Waals surface area contributed by atoms with Crippen LogP contribution in [-0.2, 0) is 9.84 Å². The summed E-state index contributed by atoms with van der Waals surface area (Å²) in [5, 5.41) is 3.37. The zero-order chi connectivity index (χ0) is 9.73. The largest absolute Gasteiger partial charge is 0.313 e. The first-order valence-corrected chi connectivity index (χ1v) is 7.78. The summed E-state index contributed by atoms with van der Waals surface area (Å²) >= 11 is 1.97. The minimum atomic E-state index is -2.77. The lowest BCUT2D eigenvalue weighted by Gasteiger charge is -2.09. The van der Waals surface area contributed by atoms with Gasteiger partial charge in [0.1, 0.15) is 9.84 Å². The average Bonchev–Trinajstić information content (AvgIpc) is 2.48. The molecule has 0 aromatic carbocycles. The van der Waals surface area contributed by atoms with Gasteiger partial charge in [-0.15, -0.1) is 0 Å². The summed E-state index contributed by atoms with van der Waals surface area (Å²) in [5.41, 5.74) is 0. The summed E-state index contributed by atoms with van der Waals surface area (Å²) in [7, 11) is -2.77. The van der Waals surface area contributed by atoms with E-state index in [-0.39, 0.29) is 0 Å². The molecule has 5 heteroatoms. The molecule has 0 aliphatic carbocycles. The molecule has 0 bridgehead atoms. The van der Waals surface area contributed by atoms with Crippen LogP contribution in [0.3, 0.4) is 0 Å². The normalized spacial score (nSPS) is 23.6. The van der Waals surface area contributed by atoms with E-state index in [1.54, 1.807) is 0 Å². The van der Waals surface area contributed by atoms with E-state index < -0.39 is 9.84 Å². The Morgan fingerprint density at radius 1 is 1.54 bits per heavy atom. The molecule has 3 nitrogen and oxygen atoms in total. The highest BCUT2D eigenvalue weighted by Gasteiger charge is 2.14. The first-order chi connectivity index (χ1) is 6.08. The van der Waals surface area contributed by atoms with Gasteiger partial charge in [-0.05, 0) is 25.1 Å². The zero-order valence-corrected chi connectivity index (χ0v) is 9.59. The Balaban J connectivity index is 2.01. The van der Waals surface area contributed by atoms with E-state index in [0.29, 0.717) is 11.8 Å². The Bertz CT molecular complexity index is 233. The molecule has 13 heavy (non-hydrogen) atoms. The molecule has 1 heterocycles. The van der Waals surface area contributed by atoms with Crippen LogP contribution in [-0.4, -0.2) is 44.5 Å². The second-order valence-corrected chi connectivity index (χ2v) is 6.91. The lowest BCUT2D eigenvalue weighted by molar-refractivity contribution is 0.550. The summed E-state index contributed by atoms with van der Waals surface area (Å²) in [5.74, 6) is 2.72. The summed E-state index contributed by atoms with van der Waals surface area (Å²) in [6, 6.07) is 0.615. The van der Waals surface area contributed by atoms with Gasteiger partial charge in [0.15, 0.2) is 0 Å². The van der Waals surface area contributed by atoms with E-state index in [9.17, 15) is 8.42 Å². The second-order valence-electron chi connectivity index (χ2n) is 3.50. The number of rotatable bonds is 5. The maximum Gasteiger partial charge on any atom is 0.147 e. The van der Waals surface area contributed by atoms with E-state index in [1.165, 1.54) is 24.2 Å². The molecule has 1 N–H and O–H groups in total. The Kier molecular flexibility index (Phi) is 4.55. The molecule has 1 rings (SSSR count). The summed E-state index contributed by atoms with van der Waals surface area (Å²) in [6.45, 7) is 0.832. The molecular weight excluding hydrogens is 206 g/mol. The third-order valence-electron chi connectivity index (χ3n) is 2.05. The van der Waals surface area contributed by atoms with Crippen LogP contribution in [0.15, 0.2) is 0 Å².